The van der Waals surface area contributed by atoms with Gasteiger partial charge in [-0.3, -0.25) is 0 Å². The SMILES string of the molecule is CC1(C)CCC(C)(C)c2cc(N(c3ccc(-c4ccccc4)cc3)c3ccc(-c4ccc(N(c5ccccc5)c5cccc6ccccc56)cc4)cc3)ccc21. The zero-order valence-corrected chi connectivity index (χ0v) is 32.8. The molecular weight excluding hydrogens is 677 g/mol. The van der Waals surface area contributed by atoms with Crippen LogP contribution in [-0.2, 0) is 10.8 Å². The fourth-order valence-electron chi connectivity index (χ4n) is 8.61. The van der Waals surface area contributed by atoms with Crippen molar-refractivity contribution >= 4 is 44.9 Å². The van der Waals surface area contributed by atoms with E-state index in [0.717, 1.165) is 28.4 Å². The van der Waals surface area contributed by atoms with Gasteiger partial charge in [0.25, 0.3) is 0 Å². The normalized spacial score (nSPS) is 14.2. The van der Waals surface area contributed by atoms with Crippen LogP contribution in [0.2, 0.25) is 0 Å². The molecule has 0 atom stereocenters. The summed E-state index contributed by atoms with van der Waals surface area (Å²) in [7, 11) is 0. The van der Waals surface area contributed by atoms with Gasteiger partial charge >= 0.3 is 0 Å². The second kappa shape index (κ2) is 14.4. The molecule has 0 unspecified atom stereocenters. The van der Waals surface area contributed by atoms with Crippen LogP contribution >= 0.6 is 0 Å². The van der Waals surface area contributed by atoms with Crippen LogP contribution in [0.25, 0.3) is 33.0 Å². The molecule has 0 saturated carbocycles. The van der Waals surface area contributed by atoms with E-state index in [0.29, 0.717) is 0 Å². The number of para-hydroxylation sites is 1. The number of benzene rings is 8. The Morgan fingerprint density at radius 1 is 0.339 bits per heavy atom. The van der Waals surface area contributed by atoms with Crippen molar-refractivity contribution in [3.8, 4) is 22.3 Å². The predicted octanol–water partition coefficient (Wildman–Crippen LogP) is 15.5. The molecular formula is C54H48N2. The highest BCUT2D eigenvalue weighted by Gasteiger charge is 2.37. The van der Waals surface area contributed by atoms with Crippen molar-refractivity contribution in [2.24, 2.45) is 0 Å². The quantitative estimate of drug-likeness (QED) is 0.154. The number of hydrogen-bond acceptors (Lipinski definition) is 2. The van der Waals surface area contributed by atoms with Crippen LogP contribution in [0.1, 0.15) is 51.7 Å². The number of rotatable bonds is 8. The first-order valence-electron chi connectivity index (χ1n) is 19.9. The molecule has 1 aliphatic carbocycles. The Bertz CT molecular complexity index is 2600. The largest absolute Gasteiger partial charge is 0.310 e. The van der Waals surface area contributed by atoms with Gasteiger partial charge in [-0.15, -0.1) is 0 Å². The summed E-state index contributed by atoms with van der Waals surface area (Å²) in [5.41, 5.74) is 14.9. The first-order chi connectivity index (χ1) is 27.2. The summed E-state index contributed by atoms with van der Waals surface area (Å²) in [4.78, 5) is 4.78. The van der Waals surface area contributed by atoms with Crippen molar-refractivity contribution in [2.75, 3.05) is 9.80 Å². The Labute approximate surface area is 332 Å². The third kappa shape index (κ3) is 6.66. The molecule has 0 N–H and O–H groups in total. The summed E-state index contributed by atoms with van der Waals surface area (Å²) >= 11 is 0. The monoisotopic (exact) mass is 724 g/mol. The Morgan fingerprint density at radius 2 is 0.768 bits per heavy atom. The maximum Gasteiger partial charge on any atom is 0.0540 e. The zero-order chi connectivity index (χ0) is 38.3. The molecule has 2 nitrogen and oxygen atoms in total. The summed E-state index contributed by atoms with van der Waals surface area (Å²) < 4.78 is 0. The van der Waals surface area contributed by atoms with Gasteiger partial charge in [0.1, 0.15) is 0 Å². The molecule has 1 aliphatic rings. The molecule has 274 valence electrons. The van der Waals surface area contributed by atoms with E-state index in [2.05, 4.69) is 232 Å². The smallest absolute Gasteiger partial charge is 0.0540 e. The van der Waals surface area contributed by atoms with Crippen molar-refractivity contribution in [3.63, 3.8) is 0 Å². The van der Waals surface area contributed by atoms with Gasteiger partial charge in [-0.2, -0.15) is 0 Å². The van der Waals surface area contributed by atoms with Crippen LogP contribution in [0.15, 0.2) is 194 Å². The molecule has 0 saturated heterocycles. The van der Waals surface area contributed by atoms with Crippen LogP contribution < -0.4 is 9.80 Å². The molecule has 0 aliphatic heterocycles. The van der Waals surface area contributed by atoms with Gasteiger partial charge in [0, 0.05) is 33.8 Å². The Hall–Kier alpha value is -6.38. The first-order valence-corrected chi connectivity index (χ1v) is 19.9. The average Bonchev–Trinajstić information content (AvgIpc) is 3.24. The highest BCUT2D eigenvalue weighted by Crippen LogP contribution is 2.48. The van der Waals surface area contributed by atoms with E-state index in [-0.39, 0.29) is 10.8 Å². The van der Waals surface area contributed by atoms with E-state index >= 15 is 0 Å². The van der Waals surface area contributed by atoms with Gasteiger partial charge in [0.2, 0.25) is 0 Å². The van der Waals surface area contributed by atoms with E-state index in [4.69, 9.17) is 0 Å². The molecule has 0 bridgehead atoms. The molecule has 0 amide bonds. The second-order valence-electron chi connectivity index (χ2n) is 16.5. The summed E-state index contributed by atoms with van der Waals surface area (Å²) in [6, 6.07) is 70.7. The Balaban J connectivity index is 1.08. The lowest BCUT2D eigenvalue weighted by Crippen LogP contribution is -2.34. The molecule has 8 aromatic carbocycles. The average molecular weight is 725 g/mol. The zero-order valence-electron chi connectivity index (χ0n) is 32.8. The van der Waals surface area contributed by atoms with Crippen LogP contribution in [-0.4, -0.2) is 0 Å². The van der Waals surface area contributed by atoms with Crippen molar-refractivity contribution in [1.82, 2.24) is 0 Å². The molecule has 0 fully saturated rings. The Kier molecular flexibility index (Phi) is 9.06. The fourth-order valence-corrected chi connectivity index (χ4v) is 8.61. The second-order valence-corrected chi connectivity index (χ2v) is 16.5. The van der Waals surface area contributed by atoms with Gasteiger partial charge < -0.3 is 9.80 Å². The van der Waals surface area contributed by atoms with Gasteiger partial charge in [-0.05, 0) is 129 Å². The highest BCUT2D eigenvalue weighted by molar-refractivity contribution is 5.99. The molecule has 9 rings (SSSR count). The summed E-state index contributed by atoms with van der Waals surface area (Å²) in [6.45, 7) is 9.61. The van der Waals surface area contributed by atoms with E-state index in [9.17, 15) is 0 Å². The van der Waals surface area contributed by atoms with E-state index in [1.165, 1.54) is 62.7 Å². The molecule has 0 radical (unpaired) electrons. The number of anilines is 6. The van der Waals surface area contributed by atoms with Crippen LogP contribution in [0.5, 0.6) is 0 Å². The van der Waals surface area contributed by atoms with Crippen LogP contribution in [0.4, 0.5) is 34.1 Å². The topological polar surface area (TPSA) is 6.48 Å². The van der Waals surface area contributed by atoms with Crippen LogP contribution in [0.3, 0.4) is 0 Å². The van der Waals surface area contributed by atoms with Crippen molar-refractivity contribution in [3.05, 3.63) is 205 Å². The number of fused-ring (bicyclic) bond motifs is 2. The van der Waals surface area contributed by atoms with Gasteiger partial charge in [-0.25, -0.2) is 0 Å². The van der Waals surface area contributed by atoms with Gasteiger partial charge in [0.05, 0.1) is 5.69 Å². The van der Waals surface area contributed by atoms with Crippen LogP contribution in [0, 0.1) is 0 Å². The third-order valence-corrected chi connectivity index (χ3v) is 11.9. The van der Waals surface area contributed by atoms with Crippen molar-refractivity contribution < 1.29 is 0 Å². The summed E-state index contributed by atoms with van der Waals surface area (Å²) in [5, 5.41) is 2.45. The molecule has 8 aromatic rings. The fraction of sp³-hybridized carbons (Fsp3) is 0.148. The minimum absolute atomic E-state index is 0.115. The molecule has 0 aromatic heterocycles. The van der Waals surface area contributed by atoms with Crippen molar-refractivity contribution in [2.45, 2.75) is 51.4 Å². The Morgan fingerprint density at radius 3 is 1.36 bits per heavy atom. The third-order valence-electron chi connectivity index (χ3n) is 11.9. The van der Waals surface area contributed by atoms with E-state index < -0.39 is 0 Å². The lowest BCUT2D eigenvalue weighted by atomic mass is 9.63. The number of hydrogen-bond donors (Lipinski definition) is 0. The van der Waals surface area contributed by atoms with E-state index in [1.54, 1.807) is 0 Å². The highest BCUT2D eigenvalue weighted by atomic mass is 15.1. The molecule has 0 heterocycles. The standard InChI is InChI=1S/C54H48N2/c1-53(2)36-37-54(3,4)51-38-48(34-35-50(51)53)55(45-28-22-40(23-29-45)39-14-7-5-8-15-39)46-30-24-41(25-31-46)42-26-32-47(33-27-42)56(44-18-9-6-10-19-44)52-21-13-17-43-16-11-12-20-49(43)52/h5-35,38H,36-37H2,1-4H3. The summed E-state index contributed by atoms with van der Waals surface area (Å²) in [5.74, 6) is 0. The van der Waals surface area contributed by atoms with Gasteiger partial charge in [-0.1, -0.05) is 155 Å². The minimum Gasteiger partial charge on any atom is -0.310 e. The maximum absolute atomic E-state index is 2.46. The van der Waals surface area contributed by atoms with E-state index in [1.807, 2.05) is 0 Å². The molecule has 56 heavy (non-hydrogen) atoms. The van der Waals surface area contributed by atoms with Crippen molar-refractivity contribution in [1.29, 1.82) is 0 Å². The lowest BCUT2D eigenvalue weighted by Gasteiger charge is -2.42. The minimum atomic E-state index is 0.115. The maximum atomic E-state index is 2.46. The summed E-state index contributed by atoms with van der Waals surface area (Å²) in [6.07, 6.45) is 2.38. The predicted molar refractivity (Wildman–Crippen MR) is 239 cm³/mol. The first kappa shape index (κ1) is 35.3. The lowest BCUT2D eigenvalue weighted by molar-refractivity contribution is 0.332. The molecule has 0 spiro atoms. The van der Waals surface area contributed by atoms with Gasteiger partial charge in [0.15, 0.2) is 0 Å². The number of nitrogens with zero attached hydrogens (tertiary/aromatic N) is 2. The molecule has 2 heteroatoms.